The van der Waals surface area contributed by atoms with Crippen LogP contribution in [0.15, 0.2) is 84.9 Å². The molecule has 4 aromatic rings. The van der Waals surface area contributed by atoms with E-state index < -0.39 is 0 Å². The van der Waals surface area contributed by atoms with Crippen LogP contribution in [0.2, 0.25) is 0 Å². The Hall–Kier alpha value is -3.73. The number of hydrogen-bond donors (Lipinski definition) is 1. The monoisotopic (exact) mass is 438 g/mol. The van der Waals surface area contributed by atoms with Gasteiger partial charge in [-0.2, -0.15) is 0 Å². The minimum Gasteiger partial charge on any atom is -0.355 e. The minimum absolute atomic E-state index is 0.0395. The molecule has 0 fully saturated rings. The lowest BCUT2D eigenvalue weighted by Crippen LogP contribution is -2.33. The first kappa shape index (κ1) is 22.5. The number of carbonyl (C=O) groups is 1. The van der Waals surface area contributed by atoms with Gasteiger partial charge in [-0.15, -0.1) is 0 Å². The zero-order valence-corrected chi connectivity index (χ0v) is 19.1. The van der Waals surface area contributed by atoms with E-state index in [1.54, 1.807) is 0 Å². The Morgan fingerprint density at radius 3 is 2.21 bits per heavy atom. The van der Waals surface area contributed by atoms with Gasteiger partial charge >= 0.3 is 0 Å². The summed E-state index contributed by atoms with van der Waals surface area (Å²) in [5.74, 6) is 1.77. The molecule has 0 aliphatic carbocycles. The summed E-state index contributed by atoms with van der Waals surface area (Å²) in [6, 6.07) is 28.5. The molecule has 5 nitrogen and oxygen atoms in total. The number of nitrogens with zero attached hydrogens (tertiary/aromatic N) is 3. The van der Waals surface area contributed by atoms with Crippen molar-refractivity contribution in [2.75, 3.05) is 18.0 Å². The summed E-state index contributed by atoms with van der Waals surface area (Å²) in [6.45, 7) is 3.98. The molecule has 4 rings (SSSR count). The van der Waals surface area contributed by atoms with Gasteiger partial charge in [-0.1, -0.05) is 79.7 Å². The number of nitrogens with one attached hydrogen (secondary N) is 1. The van der Waals surface area contributed by atoms with Crippen LogP contribution in [0.5, 0.6) is 0 Å². The van der Waals surface area contributed by atoms with Crippen LogP contribution in [0.3, 0.4) is 0 Å². The predicted octanol–water partition coefficient (Wildman–Crippen LogP) is 4.95. The summed E-state index contributed by atoms with van der Waals surface area (Å²) < 4.78 is 0. The molecule has 0 saturated heterocycles. The van der Waals surface area contributed by atoms with E-state index in [2.05, 4.69) is 47.5 Å². The van der Waals surface area contributed by atoms with Crippen molar-refractivity contribution < 1.29 is 4.79 Å². The van der Waals surface area contributed by atoms with Crippen LogP contribution in [-0.4, -0.2) is 29.0 Å². The van der Waals surface area contributed by atoms with Gasteiger partial charge in [-0.3, -0.25) is 4.79 Å². The van der Waals surface area contributed by atoms with E-state index in [9.17, 15) is 4.79 Å². The third-order valence-electron chi connectivity index (χ3n) is 5.70. The fraction of sp³-hybridized carbons (Fsp3) is 0.250. The van der Waals surface area contributed by atoms with Gasteiger partial charge in [0.2, 0.25) is 5.91 Å². The number of para-hydroxylation sites is 1. The average Bonchev–Trinajstić information content (AvgIpc) is 2.88. The highest BCUT2D eigenvalue weighted by molar-refractivity contribution is 5.89. The third-order valence-corrected chi connectivity index (χ3v) is 5.70. The third kappa shape index (κ3) is 6.16. The first-order chi connectivity index (χ1) is 16.2. The summed E-state index contributed by atoms with van der Waals surface area (Å²) in [5, 5.41) is 4.06. The lowest BCUT2D eigenvalue weighted by Gasteiger charge is -2.25. The minimum atomic E-state index is 0.0395. The second kappa shape index (κ2) is 11.2. The van der Waals surface area contributed by atoms with Crippen molar-refractivity contribution in [3.63, 3.8) is 0 Å². The molecule has 0 radical (unpaired) electrons. The Kier molecular flexibility index (Phi) is 7.64. The number of amides is 1. The SMILES string of the molecule is CCc1nc(N(CCC(=O)NCc2ccccc2)CCc2ccccc2)c2ccccc2n1. The number of benzene rings is 3. The van der Waals surface area contributed by atoms with E-state index in [4.69, 9.17) is 9.97 Å². The van der Waals surface area contributed by atoms with Crippen LogP contribution >= 0.6 is 0 Å². The molecule has 0 bridgehead atoms. The van der Waals surface area contributed by atoms with Crippen LogP contribution in [0, 0.1) is 0 Å². The normalized spacial score (nSPS) is 10.8. The number of carbonyl (C=O) groups excluding carboxylic acids is 1. The molecule has 1 amide bonds. The van der Waals surface area contributed by atoms with Gasteiger partial charge in [0, 0.05) is 37.9 Å². The number of fused-ring (bicyclic) bond motifs is 1. The molecule has 1 aromatic heterocycles. The van der Waals surface area contributed by atoms with Gasteiger partial charge in [0.05, 0.1) is 5.52 Å². The van der Waals surface area contributed by atoms with Crippen molar-refractivity contribution in [2.45, 2.75) is 32.7 Å². The van der Waals surface area contributed by atoms with Gasteiger partial charge in [0.25, 0.3) is 0 Å². The topological polar surface area (TPSA) is 58.1 Å². The number of rotatable bonds is 10. The Balaban J connectivity index is 1.52. The van der Waals surface area contributed by atoms with Crippen molar-refractivity contribution >= 4 is 22.6 Å². The number of aromatic nitrogens is 2. The second-order valence-electron chi connectivity index (χ2n) is 8.07. The van der Waals surface area contributed by atoms with E-state index in [1.165, 1.54) is 5.56 Å². The van der Waals surface area contributed by atoms with E-state index in [1.807, 2.05) is 54.6 Å². The van der Waals surface area contributed by atoms with Crippen LogP contribution in [0.25, 0.3) is 10.9 Å². The first-order valence-electron chi connectivity index (χ1n) is 11.6. The smallest absolute Gasteiger partial charge is 0.222 e. The zero-order chi connectivity index (χ0) is 22.9. The molecule has 168 valence electrons. The van der Waals surface area contributed by atoms with Crippen molar-refractivity contribution in [3.8, 4) is 0 Å². The highest BCUT2D eigenvalue weighted by atomic mass is 16.1. The fourth-order valence-corrected chi connectivity index (χ4v) is 3.86. The zero-order valence-electron chi connectivity index (χ0n) is 19.1. The van der Waals surface area contributed by atoms with Gasteiger partial charge in [0.15, 0.2) is 0 Å². The van der Waals surface area contributed by atoms with E-state index >= 15 is 0 Å². The molecule has 0 atom stereocenters. The van der Waals surface area contributed by atoms with Crippen molar-refractivity contribution in [1.29, 1.82) is 0 Å². The molecule has 0 saturated carbocycles. The lowest BCUT2D eigenvalue weighted by atomic mass is 10.1. The summed E-state index contributed by atoms with van der Waals surface area (Å²) in [6.07, 6.45) is 2.05. The molecule has 1 heterocycles. The largest absolute Gasteiger partial charge is 0.355 e. The molecule has 5 heteroatoms. The summed E-state index contributed by atoms with van der Waals surface area (Å²) in [4.78, 5) is 24.5. The van der Waals surface area contributed by atoms with Gasteiger partial charge in [-0.25, -0.2) is 9.97 Å². The van der Waals surface area contributed by atoms with Crippen molar-refractivity contribution in [2.24, 2.45) is 0 Å². The quantitative estimate of drug-likeness (QED) is 0.381. The summed E-state index contributed by atoms with van der Waals surface area (Å²) in [7, 11) is 0. The number of hydrogen-bond acceptors (Lipinski definition) is 4. The van der Waals surface area contributed by atoms with Crippen LogP contribution < -0.4 is 10.2 Å². The highest BCUT2D eigenvalue weighted by Crippen LogP contribution is 2.24. The van der Waals surface area contributed by atoms with Gasteiger partial charge < -0.3 is 10.2 Å². The molecule has 0 spiro atoms. The summed E-state index contributed by atoms with van der Waals surface area (Å²) >= 11 is 0. The maximum atomic E-state index is 12.6. The Morgan fingerprint density at radius 1 is 0.818 bits per heavy atom. The molecule has 0 aliphatic rings. The second-order valence-corrected chi connectivity index (χ2v) is 8.07. The van der Waals surface area contributed by atoms with E-state index in [0.717, 1.165) is 47.5 Å². The fourth-order valence-electron chi connectivity index (χ4n) is 3.86. The number of anilines is 1. The van der Waals surface area contributed by atoms with Gasteiger partial charge in [-0.05, 0) is 29.7 Å². The summed E-state index contributed by atoms with van der Waals surface area (Å²) in [5.41, 5.74) is 3.31. The molecule has 3 aromatic carbocycles. The highest BCUT2D eigenvalue weighted by Gasteiger charge is 2.16. The van der Waals surface area contributed by atoms with Crippen LogP contribution in [-0.2, 0) is 24.2 Å². The Morgan fingerprint density at radius 2 is 1.48 bits per heavy atom. The Labute approximate surface area is 195 Å². The lowest BCUT2D eigenvalue weighted by molar-refractivity contribution is -0.121. The van der Waals surface area contributed by atoms with E-state index in [0.29, 0.717) is 19.5 Å². The van der Waals surface area contributed by atoms with Crippen LogP contribution in [0.1, 0.15) is 30.3 Å². The maximum Gasteiger partial charge on any atom is 0.222 e. The maximum absolute atomic E-state index is 12.6. The molecule has 0 unspecified atom stereocenters. The molecule has 1 N–H and O–H groups in total. The van der Waals surface area contributed by atoms with Crippen molar-refractivity contribution in [3.05, 3.63) is 102 Å². The Bertz CT molecular complexity index is 1180. The first-order valence-corrected chi connectivity index (χ1v) is 11.6. The van der Waals surface area contributed by atoms with Crippen molar-refractivity contribution in [1.82, 2.24) is 15.3 Å². The number of aryl methyl sites for hydroxylation is 1. The molecular weight excluding hydrogens is 408 g/mol. The van der Waals surface area contributed by atoms with E-state index in [-0.39, 0.29) is 5.91 Å². The molecule has 33 heavy (non-hydrogen) atoms. The van der Waals surface area contributed by atoms with Crippen LogP contribution in [0.4, 0.5) is 5.82 Å². The average molecular weight is 439 g/mol. The standard InChI is InChI=1S/C28H30N4O/c1-2-26-30-25-16-10-9-15-24(25)28(31-26)32(19-17-22-11-5-3-6-12-22)20-18-27(33)29-21-23-13-7-4-8-14-23/h3-16H,2,17-21H2,1H3,(H,29,33). The van der Waals surface area contributed by atoms with Gasteiger partial charge in [0.1, 0.15) is 11.6 Å². The predicted molar refractivity (Wildman–Crippen MR) is 134 cm³/mol. The molecule has 0 aliphatic heterocycles. The molecular formula is C28H30N4O.